The van der Waals surface area contributed by atoms with Crippen LogP contribution in [-0.4, -0.2) is 52.4 Å². The van der Waals surface area contributed by atoms with Crippen molar-refractivity contribution in [1.82, 2.24) is 0 Å². The molecule has 3 rings (SSSR count). The van der Waals surface area contributed by atoms with Crippen LogP contribution in [0, 0.1) is 6.92 Å². The molecule has 1 N–H and O–H groups in total. The second-order valence-corrected chi connectivity index (χ2v) is 9.16. The maximum atomic E-state index is 12.8. The molecule has 32 heavy (non-hydrogen) atoms. The van der Waals surface area contributed by atoms with E-state index in [9.17, 15) is 18.0 Å². The largest absolute Gasteiger partial charge is 0.486 e. The molecule has 1 heterocycles. The first-order valence-electron chi connectivity index (χ1n) is 10.2. The number of hydrogen-bond donors (Lipinski definition) is 1. The van der Waals surface area contributed by atoms with Gasteiger partial charge in [0, 0.05) is 11.8 Å². The molecule has 0 saturated carbocycles. The molecule has 0 fully saturated rings. The van der Waals surface area contributed by atoms with Gasteiger partial charge in [0.15, 0.2) is 11.5 Å². The molecule has 0 unspecified atom stereocenters. The number of rotatable bonds is 8. The van der Waals surface area contributed by atoms with E-state index in [0.29, 0.717) is 47.2 Å². The third-order valence-electron chi connectivity index (χ3n) is 4.90. The van der Waals surface area contributed by atoms with Crippen molar-refractivity contribution < 1.29 is 32.2 Å². The molecule has 2 aromatic carbocycles. The monoisotopic (exact) mass is 462 g/mol. The molecule has 1 amide bonds. The first-order chi connectivity index (χ1) is 15.3. The molecule has 0 aromatic heterocycles. The summed E-state index contributed by atoms with van der Waals surface area (Å²) in [6, 6.07) is 9.59. The molecule has 0 saturated heterocycles. The van der Waals surface area contributed by atoms with Gasteiger partial charge in [0.05, 0.1) is 23.6 Å². The van der Waals surface area contributed by atoms with E-state index >= 15 is 0 Å². The van der Waals surface area contributed by atoms with E-state index in [0.717, 1.165) is 4.31 Å². The number of nitrogens with one attached hydrogen (secondary N) is 1. The summed E-state index contributed by atoms with van der Waals surface area (Å²) in [6.45, 7) is 5.45. The van der Waals surface area contributed by atoms with Crippen molar-refractivity contribution in [2.75, 3.05) is 41.7 Å². The van der Waals surface area contributed by atoms with E-state index in [2.05, 4.69) is 5.32 Å². The fraction of sp³-hybridized carbons (Fsp3) is 0.364. The highest BCUT2D eigenvalue weighted by Gasteiger charge is 2.26. The third kappa shape index (κ3) is 5.13. The summed E-state index contributed by atoms with van der Waals surface area (Å²) in [7, 11) is -3.76. The van der Waals surface area contributed by atoms with Gasteiger partial charge in [0.25, 0.3) is 0 Å². The normalized spacial score (nSPS) is 12.7. The molecule has 0 atom stereocenters. The Morgan fingerprint density at radius 3 is 2.50 bits per heavy atom. The van der Waals surface area contributed by atoms with Gasteiger partial charge < -0.3 is 19.5 Å². The van der Waals surface area contributed by atoms with Crippen molar-refractivity contribution in [1.29, 1.82) is 0 Å². The number of hydrogen-bond acceptors (Lipinski definition) is 7. The Bertz CT molecular complexity index is 1120. The molecule has 0 aliphatic carbocycles. The number of carbonyl (C=O) groups excluding carboxylic acids is 2. The van der Waals surface area contributed by atoms with Gasteiger partial charge in [-0.1, -0.05) is 6.07 Å². The lowest BCUT2D eigenvalue weighted by molar-refractivity contribution is -0.114. The predicted molar refractivity (Wildman–Crippen MR) is 120 cm³/mol. The molecule has 1 aliphatic heterocycles. The maximum Gasteiger partial charge on any atom is 0.338 e. The number of nitrogens with zero attached hydrogens (tertiary/aromatic N) is 1. The van der Waals surface area contributed by atoms with Gasteiger partial charge >= 0.3 is 5.97 Å². The van der Waals surface area contributed by atoms with Crippen LogP contribution in [0.4, 0.5) is 11.4 Å². The minimum Gasteiger partial charge on any atom is -0.486 e. The summed E-state index contributed by atoms with van der Waals surface area (Å²) in [5, 5.41) is 2.70. The highest BCUT2D eigenvalue weighted by Crippen LogP contribution is 2.35. The Morgan fingerprint density at radius 1 is 1.09 bits per heavy atom. The van der Waals surface area contributed by atoms with Crippen molar-refractivity contribution in [3.05, 3.63) is 47.5 Å². The van der Waals surface area contributed by atoms with Crippen molar-refractivity contribution in [3.8, 4) is 11.5 Å². The van der Waals surface area contributed by atoms with Crippen LogP contribution in [-0.2, 0) is 19.6 Å². The van der Waals surface area contributed by atoms with E-state index in [1.54, 1.807) is 50.2 Å². The van der Waals surface area contributed by atoms with Crippen molar-refractivity contribution >= 4 is 33.3 Å². The highest BCUT2D eigenvalue weighted by atomic mass is 32.2. The number of anilines is 2. The number of ether oxygens (including phenoxy) is 3. The second-order valence-electron chi connectivity index (χ2n) is 6.98. The van der Waals surface area contributed by atoms with Crippen molar-refractivity contribution in [3.63, 3.8) is 0 Å². The van der Waals surface area contributed by atoms with Crippen LogP contribution in [0.5, 0.6) is 11.5 Å². The number of amides is 1. The zero-order valence-electron chi connectivity index (χ0n) is 18.2. The molecular formula is C22H26N2O7S. The zero-order valence-corrected chi connectivity index (χ0v) is 19.0. The van der Waals surface area contributed by atoms with Crippen LogP contribution in [0.3, 0.4) is 0 Å². The fourth-order valence-electron chi connectivity index (χ4n) is 3.21. The molecule has 0 bridgehead atoms. The van der Waals surface area contributed by atoms with Crippen LogP contribution in [0.25, 0.3) is 0 Å². The molecule has 0 spiro atoms. The lowest BCUT2D eigenvalue weighted by Gasteiger charge is -2.26. The first-order valence-corrected chi connectivity index (χ1v) is 11.8. The topological polar surface area (TPSA) is 111 Å². The van der Waals surface area contributed by atoms with E-state index in [1.807, 2.05) is 0 Å². The number of benzene rings is 2. The maximum absolute atomic E-state index is 12.8. The Morgan fingerprint density at radius 2 is 1.81 bits per heavy atom. The zero-order chi connectivity index (χ0) is 23.3. The average Bonchev–Trinajstić information content (AvgIpc) is 2.78. The Kier molecular flexibility index (Phi) is 7.24. The number of sulfonamides is 1. The lowest BCUT2D eigenvalue weighted by atomic mass is 10.1. The molecule has 10 heteroatoms. The number of fused-ring (bicyclic) bond motifs is 1. The van der Waals surface area contributed by atoms with Gasteiger partial charge in [0.2, 0.25) is 15.9 Å². The highest BCUT2D eigenvalue weighted by molar-refractivity contribution is 7.92. The van der Waals surface area contributed by atoms with Crippen molar-refractivity contribution in [2.24, 2.45) is 0 Å². The Balaban J connectivity index is 1.85. The number of esters is 1. The molecule has 9 nitrogen and oxygen atoms in total. The van der Waals surface area contributed by atoms with E-state index in [1.165, 1.54) is 6.92 Å². The van der Waals surface area contributed by atoms with Gasteiger partial charge in [-0.2, -0.15) is 0 Å². The van der Waals surface area contributed by atoms with Crippen LogP contribution in [0.15, 0.2) is 36.4 Å². The number of carbonyl (C=O) groups is 2. The Hall–Kier alpha value is -3.27. The molecular weight excluding hydrogens is 436 g/mol. The van der Waals surface area contributed by atoms with Gasteiger partial charge in [0.1, 0.15) is 19.8 Å². The van der Waals surface area contributed by atoms with Gasteiger partial charge in [-0.05, 0) is 50.6 Å². The minimum atomic E-state index is -3.76. The lowest BCUT2D eigenvalue weighted by Crippen LogP contribution is -2.39. The van der Waals surface area contributed by atoms with E-state index in [-0.39, 0.29) is 12.4 Å². The SMILES string of the molecule is CCOC(=O)c1cccc(NC(=O)CN(c2ccc3c(c2)OCCO3)S(=O)(=O)CC)c1C. The van der Waals surface area contributed by atoms with Crippen LogP contribution < -0.4 is 19.1 Å². The summed E-state index contributed by atoms with van der Waals surface area (Å²) in [4.78, 5) is 24.9. The van der Waals surface area contributed by atoms with Gasteiger partial charge in [-0.15, -0.1) is 0 Å². The predicted octanol–water partition coefficient (Wildman–Crippen LogP) is 2.74. The summed E-state index contributed by atoms with van der Waals surface area (Å²) in [5.41, 5.74) is 1.55. The summed E-state index contributed by atoms with van der Waals surface area (Å²) < 4.78 is 42.6. The molecule has 172 valence electrons. The summed E-state index contributed by atoms with van der Waals surface area (Å²) in [5.74, 6) is -0.298. The summed E-state index contributed by atoms with van der Waals surface area (Å²) >= 11 is 0. The first kappa shape index (κ1) is 23.4. The Labute approximate surface area is 187 Å². The fourth-order valence-corrected chi connectivity index (χ4v) is 4.27. The third-order valence-corrected chi connectivity index (χ3v) is 6.65. The van der Waals surface area contributed by atoms with Crippen LogP contribution in [0.2, 0.25) is 0 Å². The van der Waals surface area contributed by atoms with Crippen LogP contribution in [0.1, 0.15) is 29.8 Å². The molecule has 0 radical (unpaired) electrons. The van der Waals surface area contributed by atoms with Gasteiger partial charge in [-0.25, -0.2) is 13.2 Å². The quantitative estimate of drug-likeness (QED) is 0.601. The van der Waals surface area contributed by atoms with Crippen molar-refractivity contribution in [2.45, 2.75) is 20.8 Å². The smallest absolute Gasteiger partial charge is 0.338 e. The molecule has 2 aromatic rings. The second kappa shape index (κ2) is 9.90. The minimum absolute atomic E-state index is 0.188. The van der Waals surface area contributed by atoms with E-state index in [4.69, 9.17) is 14.2 Å². The summed E-state index contributed by atoms with van der Waals surface area (Å²) in [6.07, 6.45) is 0. The van der Waals surface area contributed by atoms with Crippen LogP contribution >= 0.6 is 0 Å². The standard InChI is InChI=1S/C22H26N2O7S/c1-4-29-22(26)17-7-6-8-18(15(17)3)23-21(25)14-24(32(27,28)5-2)16-9-10-19-20(13-16)31-12-11-30-19/h6-10,13H,4-5,11-12,14H2,1-3H3,(H,23,25). The van der Waals surface area contributed by atoms with E-state index < -0.39 is 28.4 Å². The molecule has 1 aliphatic rings. The van der Waals surface area contributed by atoms with Gasteiger partial charge in [-0.3, -0.25) is 9.10 Å². The average molecular weight is 463 g/mol.